The van der Waals surface area contributed by atoms with Crippen LogP contribution in [0.5, 0.6) is 5.75 Å². The van der Waals surface area contributed by atoms with Crippen LogP contribution in [0.4, 0.5) is 0 Å². The Morgan fingerprint density at radius 2 is 1.48 bits per heavy atom. The molecule has 1 aliphatic rings. The summed E-state index contributed by atoms with van der Waals surface area (Å²) in [4.78, 5) is 0. The minimum Gasteiger partial charge on any atom is -0.489 e. The zero-order valence-corrected chi connectivity index (χ0v) is 17.7. The van der Waals surface area contributed by atoms with Crippen LogP contribution in [0.1, 0.15) is 56.1 Å². The standard InChI is InChI=1S/C22H26Cl3NO/c23-18-10-11-22(27-15-16-8-9-19(24)13-21(16)25)17(12-18)14-26-20-6-4-2-1-3-5-7-20/h8-13,20,26H,1-7,14-15H2. The zero-order chi connectivity index (χ0) is 19.1. The van der Waals surface area contributed by atoms with Crippen LogP contribution in [0.3, 0.4) is 0 Å². The van der Waals surface area contributed by atoms with Crippen molar-refractivity contribution in [1.82, 2.24) is 5.32 Å². The highest BCUT2D eigenvalue weighted by Gasteiger charge is 2.13. The van der Waals surface area contributed by atoms with Crippen molar-refractivity contribution in [3.8, 4) is 5.75 Å². The lowest BCUT2D eigenvalue weighted by molar-refractivity contribution is 0.300. The Hall–Kier alpha value is -0.930. The van der Waals surface area contributed by atoms with Crippen LogP contribution < -0.4 is 10.1 Å². The molecule has 27 heavy (non-hydrogen) atoms. The first-order chi connectivity index (χ1) is 13.1. The van der Waals surface area contributed by atoms with Gasteiger partial charge in [-0.3, -0.25) is 0 Å². The normalized spacial score (nSPS) is 16.0. The van der Waals surface area contributed by atoms with Gasteiger partial charge < -0.3 is 10.1 Å². The Morgan fingerprint density at radius 3 is 2.22 bits per heavy atom. The van der Waals surface area contributed by atoms with Crippen molar-refractivity contribution in [2.75, 3.05) is 0 Å². The topological polar surface area (TPSA) is 21.3 Å². The fourth-order valence-corrected chi connectivity index (χ4v) is 4.19. The Bertz CT molecular complexity index is 742. The Kier molecular flexibility index (Phi) is 8.14. The van der Waals surface area contributed by atoms with Gasteiger partial charge in [-0.25, -0.2) is 0 Å². The minimum absolute atomic E-state index is 0.397. The Balaban J connectivity index is 1.63. The molecule has 1 saturated carbocycles. The summed E-state index contributed by atoms with van der Waals surface area (Å²) < 4.78 is 6.06. The van der Waals surface area contributed by atoms with Gasteiger partial charge in [-0.05, 0) is 43.2 Å². The van der Waals surface area contributed by atoms with E-state index >= 15 is 0 Å². The fraction of sp³-hybridized carbons (Fsp3) is 0.455. The molecular formula is C22H26Cl3NO. The van der Waals surface area contributed by atoms with Crippen LogP contribution in [0.25, 0.3) is 0 Å². The van der Waals surface area contributed by atoms with Crippen molar-refractivity contribution in [3.63, 3.8) is 0 Å². The van der Waals surface area contributed by atoms with Gasteiger partial charge in [-0.2, -0.15) is 0 Å². The van der Waals surface area contributed by atoms with Gasteiger partial charge in [0.1, 0.15) is 12.4 Å². The van der Waals surface area contributed by atoms with Crippen LogP contribution in [-0.2, 0) is 13.2 Å². The Morgan fingerprint density at radius 1 is 0.815 bits per heavy atom. The van der Waals surface area contributed by atoms with Crippen LogP contribution in [0, 0.1) is 0 Å². The summed E-state index contributed by atoms with van der Waals surface area (Å²) in [5.41, 5.74) is 1.99. The predicted molar refractivity (Wildman–Crippen MR) is 115 cm³/mol. The highest BCUT2D eigenvalue weighted by atomic mass is 35.5. The number of benzene rings is 2. The van der Waals surface area contributed by atoms with E-state index in [4.69, 9.17) is 39.5 Å². The lowest BCUT2D eigenvalue weighted by atomic mass is 9.96. The third kappa shape index (κ3) is 6.57. The van der Waals surface area contributed by atoms with Gasteiger partial charge in [0.05, 0.1) is 0 Å². The molecule has 2 aromatic carbocycles. The molecule has 0 radical (unpaired) electrons. The van der Waals surface area contributed by atoms with E-state index in [1.807, 2.05) is 30.3 Å². The van der Waals surface area contributed by atoms with Crippen molar-refractivity contribution in [2.45, 2.75) is 64.1 Å². The molecule has 0 bridgehead atoms. The first-order valence-electron chi connectivity index (χ1n) is 9.70. The van der Waals surface area contributed by atoms with Gasteiger partial charge >= 0.3 is 0 Å². The minimum atomic E-state index is 0.397. The molecular weight excluding hydrogens is 401 g/mol. The maximum absolute atomic E-state index is 6.25. The summed E-state index contributed by atoms with van der Waals surface area (Å²) in [5.74, 6) is 0.837. The first kappa shape index (κ1) is 20.8. The summed E-state index contributed by atoms with van der Waals surface area (Å²) in [5, 5.41) is 5.67. The molecule has 2 aromatic rings. The molecule has 5 heteroatoms. The van der Waals surface area contributed by atoms with Crippen LogP contribution in [0.2, 0.25) is 15.1 Å². The number of hydrogen-bond acceptors (Lipinski definition) is 2. The van der Waals surface area contributed by atoms with Gasteiger partial charge in [-0.1, -0.05) is 73.0 Å². The smallest absolute Gasteiger partial charge is 0.124 e. The number of hydrogen-bond donors (Lipinski definition) is 1. The number of nitrogens with one attached hydrogen (secondary N) is 1. The van der Waals surface area contributed by atoms with Crippen molar-refractivity contribution in [2.24, 2.45) is 0 Å². The molecule has 0 amide bonds. The van der Waals surface area contributed by atoms with Crippen LogP contribution >= 0.6 is 34.8 Å². The number of rotatable bonds is 6. The Labute approximate surface area is 177 Å². The van der Waals surface area contributed by atoms with E-state index in [-0.39, 0.29) is 0 Å². The molecule has 1 N–H and O–H groups in total. The largest absolute Gasteiger partial charge is 0.489 e. The second-order valence-corrected chi connectivity index (χ2v) is 8.48. The summed E-state index contributed by atoms with van der Waals surface area (Å²) in [6, 6.07) is 11.8. The average molecular weight is 427 g/mol. The summed E-state index contributed by atoms with van der Waals surface area (Å²) in [7, 11) is 0. The van der Waals surface area contributed by atoms with Crippen molar-refractivity contribution >= 4 is 34.8 Å². The third-order valence-electron chi connectivity index (χ3n) is 5.11. The molecule has 0 heterocycles. The monoisotopic (exact) mass is 425 g/mol. The van der Waals surface area contributed by atoms with E-state index < -0.39 is 0 Å². The average Bonchev–Trinajstić information content (AvgIpc) is 2.61. The SMILES string of the molecule is Clc1ccc(COc2ccc(Cl)cc2CNC2CCCCCCC2)c(Cl)c1. The molecule has 0 aliphatic heterocycles. The van der Waals surface area contributed by atoms with Crippen molar-refractivity contribution in [3.05, 3.63) is 62.6 Å². The maximum Gasteiger partial charge on any atom is 0.124 e. The summed E-state index contributed by atoms with van der Waals surface area (Å²) in [6.45, 7) is 1.16. The number of ether oxygens (including phenoxy) is 1. The zero-order valence-electron chi connectivity index (χ0n) is 15.4. The maximum atomic E-state index is 6.25. The molecule has 0 aromatic heterocycles. The highest BCUT2D eigenvalue weighted by Crippen LogP contribution is 2.27. The molecule has 0 saturated heterocycles. The second kappa shape index (κ2) is 10.6. The fourth-order valence-electron chi connectivity index (χ4n) is 3.54. The molecule has 3 rings (SSSR count). The van der Waals surface area contributed by atoms with Gasteiger partial charge in [-0.15, -0.1) is 0 Å². The molecule has 0 unspecified atom stereocenters. The molecule has 0 atom stereocenters. The van der Waals surface area contributed by atoms with E-state index in [2.05, 4.69) is 5.32 Å². The third-order valence-corrected chi connectivity index (χ3v) is 5.93. The molecule has 0 spiro atoms. The van der Waals surface area contributed by atoms with E-state index in [1.54, 1.807) is 6.07 Å². The summed E-state index contributed by atoms with van der Waals surface area (Å²) >= 11 is 18.4. The van der Waals surface area contributed by atoms with E-state index in [0.29, 0.717) is 22.7 Å². The van der Waals surface area contributed by atoms with Crippen LogP contribution in [-0.4, -0.2) is 6.04 Å². The van der Waals surface area contributed by atoms with Gasteiger partial charge in [0, 0.05) is 38.8 Å². The van der Waals surface area contributed by atoms with Gasteiger partial charge in [0.25, 0.3) is 0 Å². The van der Waals surface area contributed by atoms with Gasteiger partial charge in [0.15, 0.2) is 0 Å². The van der Waals surface area contributed by atoms with E-state index in [1.165, 1.54) is 44.9 Å². The van der Waals surface area contributed by atoms with Crippen LogP contribution in [0.15, 0.2) is 36.4 Å². The molecule has 1 fully saturated rings. The lowest BCUT2D eigenvalue weighted by Gasteiger charge is -2.22. The molecule has 1 aliphatic carbocycles. The van der Waals surface area contributed by atoms with Gasteiger partial charge in [0.2, 0.25) is 0 Å². The summed E-state index contributed by atoms with van der Waals surface area (Å²) in [6.07, 6.45) is 9.20. The quantitative estimate of drug-likeness (QED) is 0.518. The first-order valence-corrected chi connectivity index (χ1v) is 10.8. The predicted octanol–water partition coefficient (Wildman–Crippen LogP) is 7.43. The van der Waals surface area contributed by atoms with Crippen molar-refractivity contribution in [1.29, 1.82) is 0 Å². The second-order valence-electron chi connectivity index (χ2n) is 7.20. The molecule has 146 valence electrons. The highest BCUT2D eigenvalue weighted by molar-refractivity contribution is 6.35. The lowest BCUT2D eigenvalue weighted by Crippen LogP contribution is -2.29. The van der Waals surface area contributed by atoms with E-state index in [0.717, 1.165) is 28.4 Å². The molecule has 2 nitrogen and oxygen atoms in total. The van der Waals surface area contributed by atoms with E-state index in [9.17, 15) is 0 Å². The van der Waals surface area contributed by atoms with Crippen molar-refractivity contribution < 1.29 is 4.74 Å². The number of halogens is 3.